The van der Waals surface area contributed by atoms with Gasteiger partial charge in [-0.05, 0) is 27.4 Å². The lowest BCUT2D eigenvalue weighted by molar-refractivity contribution is -0.101. The molecule has 0 amide bonds. The Bertz CT molecular complexity index is 77.0. The van der Waals surface area contributed by atoms with Crippen LogP contribution < -0.4 is 0 Å². The minimum Gasteiger partial charge on any atom is -0.364 e. The summed E-state index contributed by atoms with van der Waals surface area (Å²) in [6.07, 6.45) is 1.01. The maximum absolute atomic E-state index is 5.27. The highest BCUT2D eigenvalue weighted by atomic mass is 16.5. The topological polar surface area (TPSA) is 12.5 Å². The molecule has 9 heavy (non-hydrogen) atoms. The second-order valence-electron chi connectivity index (χ2n) is 2.63. The molecule has 1 unspecified atom stereocenters. The Kier molecular flexibility index (Phi) is 3.15. The van der Waals surface area contributed by atoms with Crippen LogP contribution in [0.15, 0.2) is 0 Å². The van der Waals surface area contributed by atoms with Crippen molar-refractivity contribution in [3.63, 3.8) is 0 Å². The van der Waals surface area contributed by atoms with E-state index in [-0.39, 0.29) is 5.72 Å². The van der Waals surface area contributed by atoms with Gasteiger partial charge in [0.25, 0.3) is 0 Å². The van der Waals surface area contributed by atoms with Crippen LogP contribution in [0, 0.1) is 0 Å². The van der Waals surface area contributed by atoms with E-state index in [0.717, 1.165) is 6.42 Å². The van der Waals surface area contributed by atoms with Gasteiger partial charge in [-0.2, -0.15) is 0 Å². The molecule has 0 aliphatic carbocycles. The number of rotatable bonds is 3. The highest BCUT2D eigenvalue weighted by Gasteiger charge is 2.22. The number of nitrogens with zero attached hydrogens (tertiary/aromatic N) is 1. The minimum atomic E-state index is -0.0833. The van der Waals surface area contributed by atoms with Crippen molar-refractivity contribution in [2.24, 2.45) is 0 Å². The molecule has 0 radical (unpaired) electrons. The maximum Gasteiger partial charge on any atom is 0.117 e. The van der Waals surface area contributed by atoms with E-state index in [0.29, 0.717) is 0 Å². The van der Waals surface area contributed by atoms with E-state index >= 15 is 0 Å². The molecular weight excluding hydrogens is 114 g/mol. The van der Waals surface area contributed by atoms with Crippen LogP contribution in [-0.2, 0) is 4.74 Å². The average molecular weight is 131 g/mol. The third kappa shape index (κ3) is 1.95. The Balaban J connectivity index is 3.92. The van der Waals surface area contributed by atoms with Gasteiger partial charge >= 0.3 is 0 Å². The molecule has 0 aromatic carbocycles. The Labute approximate surface area is 57.8 Å². The van der Waals surface area contributed by atoms with Crippen molar-refractivity contribution < 1.29 is 4.74 Å². The molecule has 0 bridgehead atoms. The second kappa shape index (κ2) is 3.18. The first-order valence-electron chi connectivity index (χ1n) is 3.29. The van der Waals surface area contributed by atoms with Gasteiger partial charge < -0.3 is 4.74 Å². The Morgan fingerprint density at radius 3 is 1.89 bits per heavy atom. The van der Waals surface area contributed by atoms with E-state index in [9.17, 15) is 0 Å². The van der Waals surface area contributed by atoms with Gasteiger partial charge in [-0.1, -0.05) is 6.92 Å². The molecule has 0 aliphatic heterocycles. The van der Waals surface area contributed by atoms with Crippen molar-refractivity contribution in [3.05, 3.63) is 0 Å². The summed E-state index contributed by atoms with van der Waals surface area (Å²) in [5.74, 6) is 0. The van der Waals surface area contributed by atoms with Crippen LogP contribution in [-0.4, -0.2) is 31.8 Å². The van der Waals surface area contributed by atoms with E-state index in [1.165, 1.54) is 0 Å². The summed E-state index contributed by atoms with van der Waals surface area (Å²) in [6.45, 7) is 4.19. The van der Waals surface area contributed by atoms with Crippen molar-refractivity contribution in [2.75, 3.05) is 21.2 Å². The van der Waals surface area contributed by atoms with Gasteiger partial charge in [0.2, 0.25) is 0 Å². The zero-order chi connectivity index (χ0) is 7.49. The molecule has 0 N–H and O–H groups in total. The molecule has 0 saturated carbocycles. The smallest absolute Gasteiger partial charge is 0.117 e. The van der Waals surface area contributed by atoms with E-state index in [4.69, 9.17) is 4.74 Å². The first-order valence-corrected chi connectivity index (χ1v) is 3.29. The van der Waals surface area contributed by atoms with Gasteiger partial charge in [-0.15, -0.1) is 0 Å². The van der Waals surface area contributed by atoms with Crippen LogP contribution in [0.25, 0.3) is 0 Å². The number of hydrogen-bond donors (Lipinski definition) is 0. The third-order valence-electron chi connectivity index (χ3n) is 2.04. The fourth-order valence-corrected chi connectivity index (χ4v) is 0.643. The van der Waals surface area contributed by atoms with Crippen LogP contribution in [0.1, 0.15) is 20.3 Å². The summed E-state index contributed by atoms with van der Waals surface area (Å²) in [6, 6.07) is 0. The van der Waals surface area contributed by atoms with Crippen molar-refractivity contribution in [1.82, 2.24) is 4.90 Å². The highest BCUT2D eigenvalue weighted by molar-refractivity contribution is 4.67. The monoisotopic (exact) mass is 131 g/mol. The quantitative estimate of drug-likeness (QED) is 0.536. The lowest BCUT2D eigenvalue weighted by Gasteiger charge is -2.33. The van der Waals surface area contributed by atoms with Crippen molar-refractivity contribution in [3.8, 4) is 0 Å². The summed E-state index contributed by atoms with van der Waals surface area (Å²) >= 11 is 0. The number of ether oxygens (including phenoxy) is 1. The fourth-order valence-electron chi connectivity index (χ4n) is 0.643. The first-order chi connectivity index (χ1) is 4.06. The third-order valence-corrected chi connectivity index (χ3v) is 2.04. The zero-order valence-corrected chi connectivity index (χ0v) is 7.06. The van der Waals surface area contributed by atoms with Crippen LogP contribution in [0.4, 0.5) is 0 Å². The van der Waals surface area contributed by atoms with Gasteiger partial charge in [0, 0.05) is 7.11 Å². The molecular formula is C7H17NO. The largest absolute Gasteiger partial charge is 0.364 e. The Morgan fingerprint density at radius 1 is 1.44 bits per heavy atom. The van der Waals surface area contributed by atoms with Gasteiger partial charge in [0.05, 0.1) is 0 Å². The van der Waals surface area contributed by atoms with E-state index in [2.05, 4.69) is 18.7 Å². The lowest BCUT2D eigenvalue weighted by Crippen LogP contribution is -2.42. The maximum atomic E-state index is 5.27. The van der Waals surface area contributed by atoms with Gasteiger partial charge in [0.1, 0.15) is 5.72 Å². The van der Waals surface area contributed by atoms with Gasteiger partial charge in [0.15, 0.2) is 0 Å². The number of methoxy groups -OCH3 is 1. The fraction of sp³-hybridized carbons (Fsp3) is 1.00. The van der Waals surface area contributed by atoms with E-state index < -0.39 is 0 Å². The summed E-state index contributed by atoms with van der Waals surface area (Å²) in [4.78, 5) is 2.08. The van der Waals surface area contributed by atoms with Gasteiger partial charge in [-0.3, -0.25) is 4.90 Å². The van der Waals surface area contributed by atoms with Crippen molar-refractivity contribution in [2.45, 2.75) is 26.0 Å². The van der Waals surface area contributed by atoms with Gasteiger partial charge in [-0.25, -0.2) is 0 Å². The van der Waals surface area contributed by atoms with Crippen molar-refractivity contribution >= 4 is 0 Å². The van der Waals surface area contributed by atoms with E-state index in [1.807, 2.05) is 14.1 Å². The predicted octanol–water partition coefficient (Wildman–Crippen LogP) is 1.32. The lowest BCUT2D eigenvalue weighted by atomic mass is 10.2. The molecule has 2 nitrogen and oxygen atoms in total. The molecule has 56 valence electrons. The van der Waals surface area contributed by atoms with Crippen LogP contribution in [0.5, 0.6) is 0 Å². The standard InChI is InChI=1S/C7H17NO/c1-6-7(2,9-5)8(3)4/h6H2,1-5H3. The van der Waals surface area contributed by atoms with Crippen LogP contribution in [0.3, 0.4) is 0 Å². The molecule has 0 heterocycles. The van der Waals surface area contributed by atoms with Crippen molar-refractivity contribution in [1.29, 1.82) is 0 Å². The summed E-state index contributed by atoms with van der Waals surface area (Å²) < 4.78 is 5.27. The molecule has 1 atom stereocenters. The van der Waals surface area contributed by atoms with Crippen LogP contribution in [0.2, 0.25) is 0 Å². The highest BCUT2D eigenvalue weighted by Crippen LogP contribution is 2.15. The molecule has 0 aliphatic rings. The van der Waals surface area contributed by atoms with Crippen LogP contribution >= 0.6 is 0 Å². The molecule has 0 fully saturated rings. The van der Waals surface area contributed by atoms with E-state index in [1.54, 1.807) is 7.11 Å². The Hall–Kier alpha value is -0.0800. The zero-order valence-electron chi connectivity index (χ0n) is 7.06. The summed E-state index contributed by atoms with van der Waals surface area (Å²) in [5.41, 5.74) is -0.0833. The summed E-state index contributed by atoms with van der Waals surface area (Å²) in [5, 5.41) is 0. The molecule has 0 rings (SSSR count). The average Bonchev–Trinajstić information content (AvgIpc) is 1.86. The summed E-state index contributed by atoms with van der Waals surface area (Å²) in [7, 11) is 5.78. The Morgan fingerprint density at radius 2 is 1.89 bits per heavy atom. The molecule has 0 aromatic heterocycles. The normalized spacial score (nSPS) is 18.0. The SMILES string of the molecule is CCC(C)(OC)N(C)C. The molecule has 0 aromatic rings. The predicted molar refractivity (Wildman–Crippen MR) is 39.4 cm³/mol. The molecule has 2 heteroatoms. The second-order valence-corrected chi connectivity index (χ2v) is 2.63. The number of hydrogen-bond acceptors (Lipinski definition) is 2. The molecule has 0 saturated heterocycles. The molecule has 0 spiro atoms. The first kappa shape index (κ1) is 8.92. The minimum absolute atomic E-state index is 0.0833.